The molecule has 0 fully saturated rings. The second-order valence-corrected chi connectivity index (χ2v) is 3.11. The van der Waals surface area contributed by atoms with E-state index in [0.717, 1.165) is 11.3 Å². The molecule has 0 aromatic carbocycles. The summed E-state index contributed by atoms with van der Waals surface area (Å²) >= 11 is 1.09. The Morgan fingerprint density at radius 1 is 1.92 bits per heavy atom. The van der Waals surface area contributed by atoms with Gasteiger partial charge in [0.15, 0.2) is 5.13 Å². The number of carbonyl (C=O) groups excluding carboxylic acids is 1. The average molecular weight is 204 g/mol. The summed E-state index contributed by atoms with van der Waals surface area (Å²) < 4.78 is 17.6. The number of alkyl halides is 1. The minimum Gasteiger partial charge on any atom is -0.464 e. The summed E-state index contributed by atoms with van der Waals surface area (Å²) in [6.45, 7) is 1.76. The summed E-state index contributed by atoms with van der Waals surface area (Å²) in [6, 6.07) is 0. The summed E-state index contributed by atoms with van der Waals surface area (Å²) in [5.41, 5.74) is 5.29. The lowest BCUT2D eigenvalue weighted by atomic mass is 10.3. The SMILES string of the molecule is CCOC(=O)C(F)c1csc(N)n1. The number of hydrogen-bond donors (Lipinski definition) is 1. The van der Waals surface area contributed by atoms with E-state index in [0.29, 0.717) is 0 Å². The number of nitrogen functional groups attached to an aromatic ring is 1. The van der Waals surface area contributed by atoms with Gasteiger partial charge in [-0.2, -0.15) is 0 Å². The zero-order valence-corrected chi connectivity index (χ0v) is 7.81. The fourth-order valence-electron chi connectivity index (χ4n) is 0.753. The van der Waals surface area contributed by atoms with Gasteiger partial charge in [0.1, 0.15) is 0 Å². The van der Waals surface area contributed by atoms with Gasteiger partial charge in [-0.05, 0) is 6.92 Å². The van der Waals surface area contributed by atoms with Crippen molar-refractivity contribution in [3.8, 4) is 0 Å². The molecule has 0 spiro atoms. The molecule has 1 aromatic rings. The van der Waals surface area contributed by atoms with E-state index in [1.54, 1.807) is 6.92 Å². The van der Waals surface area contributed by atoms with Crippen molar-refractivity contribution in [2.75, 3.05) is 12.3 Å². The number of esters is 1. The van der Waals surface area contributed by atoms with Crippen molar-refractivity contribution >= 4 is 22.4 Å². The van der Waals surface area contributed by atoms with E-state index in [1.807, 2.05) is 0 Å². The Hall–Kier alpha value is -1.17. The maximum absolute atomic E-state index is 13.1. The van der Waals surface area contributed by atoms with Gasteiger partial charge in [0.2, 0.25) is 6.17 Å². The Bertz CT molecular complexity index is 302. The van der Waals surface area contributed by atoms with Crippen LogP contribution in [-0.2, 0) is 9.53 Å². The van der Waals surface area contributed by atoms with Gasteiger partial charge in [0.25, 0.3) is 0 Å². The first-order valence-corrected chi connectivity index (χ1v) is 4.54. The van der Waals surface area contributed by atoms with E-state index in [-0.39, 0.29) is 17.4 Å². The minimum atomic E-state index is -1.83. The molecule has 0 amide bonds. The molecule has 0 radical (unpaired) electrons. The molecule has 1 heterocycles. The van der Waals surface area contributed by atoms with E-state index in [4.69, 9.17) is 5.73 Å². The molecular formula is C7H9FN2O2S. The van der Waals surface area contributed by atoms with E-state index in [2.05, 4.69) is 9.72 Å². The fraction of sp³-hybridized carbons (Fsp3) is 0.429. The third-order valence-corrected chi connectivity index (χ3v) is 1.99. The van der Waals surface area contributed by atoms with Crippen molar-refractivity contribution in [1.29, 1.82) is 0 Å². The van der Waals surface area contributed by atoms with Crippen LogP contribution in [0.3, 0.4) is 0 Å². The third-order valence-electron chi connectivity index (χ3n) is 1.29. The van der Waals surface area contributed by atoms with Gasteiger partial charge in [0, 0.05) is 5.38 Å². The first kappa shape index (κ1) is 9.91. The van der Waals surface area contributed by atoms with Crippen LogP contribution in [-0.4, -0.2) is 17.6 Å². The molecule has 4 nitrogen and oxygen atoms in total. The molecule has 0 aliphatic rings. The number of thiazole rings is 1. The molecule has 0 aliphatic heterocycles. The molecule has 0 saturated carbocycles. The molecule has 1 aromatic heterocycles. The van der Waals surface area contributed by atoms with E-state index < -0.39 is 12.1 Å². The first-order valence-electron chi connectivity index (χ1n) is 3.66. The van der Waals surface area contributed by atoms with Crippen LogP contribution in [0, 0.1) is 0 Å². The van der Waals surface area contributed by atoms with Crippen LogP contribution in [0.4, 0.5) is 9.52 Å². The molecule has 72 valence electrons. The van der Waals surface area contributed by atoms with Crippen molar-refractivity contribution in [3.63, 3.8) is 0 Å². The number of ether oxygens (including phenoxy) is 1. The fourth-order valence-corrected chi connectivity index (χ4v) is 1.33. The van der Waals surface area contributed by atoms with Crippen LogP contribution in [0.2, 0.25) is 0 Å². The van der Waals surface area contributed by atoms with Crippen molar-refractivity contribution < 1.29 is 13.9 Å². The molecular weight excluding hydrogens is 195 g/mol. The Kier molecular flexibility index (Phi) is 3.18. The Morgan fingerprint density at radius 3 is 3.08 bits per heavy atom. The zero-order chi connectivity index (χ0) is 9.84. The summed E-state index contributed by atoms with van der Waals surface area (Å²) in [7, 11) is 0. The Morgan fingerprint density at radius 2 is 2.62 bits per heavy atom. The van der Waals surface area contributed by atoms with Crippen molar-refractivity contribution in [1.82, 2.24) is 4.98 Å². The van der Waals surface area contributed by atoms with Gasteiger partial charge in [-0.3, -0.25) is 0 Å². The van der Waals surface area contributed by atoms with Crippen molar-refractivity contribution in [3.05, 3.63) is 11.1 Å². The van der Waals surface area contributed by atoms with Crippen LogP contribution in [0.5, 0.6) is 0 Å². The molecule has 1 rings (SSSR count). The molecule has 6 heteroatoms. The number of halogens is 1. The normalized spacial score (nSPS) is 12.5. The smallest absolute Gasteiger partial charge is 0.347 e. The number of aromatic nitrogens is 1. The van der Waals surface area contributed by atoms with Gasteiger partial charge >= 0.3 is 5.97 Å². The summed E-state index contributed by atoms with van der Waals surface area (Å²) in [5, 5.41) is 1.64. The van der Waals surface area contributed by atoms with Gasteiger partial charge in [-0.25, -0.2) is 14.2 Å². The quantitative estimate of drug-likeness (QED) is 0.753. The number of rotatable bonds is 3. The first-order chi connectivity index (χ1) is 6.15. The Labute approximate surface area is 78.5 Å². The summed E-state index contributed by atoms with van der Waals surface area (Å²) in [5.74, 6) is -0.923. The topological polar surface area (TPSA) is 65.2 Å². The van der Waals surface area contributed by atoms with Gasteiger partial charge in [-0.15, -0.1) is 11.3 Å². The highest BCUT2D eigenvalue weighted by Crippen LogP contribution is 2.22. The van der Waals surface area contributed by atoms with Crippen LogP contribution < -0.4 is 5.73 Å². The molecule has 0 saturated heterocycles. The highest BCUT2D eigenvalue weighted by Gasteiger charge is 2.23. The van der Waals surface area contributed by atoms with Crippen molar-refractivity contribution in [2.24, 2.45) is 0 Å². The standard InChI is InChI=1S/C7H9FN2O2S/c1-2-12-6(11)5(8)4-3-13-7(9)10-4/h3,5H,2H2,1H3,(H2,9,10). The monoisotopic (exact) mass is 204 g/mol. The lowest BCUT2D eigenvalue weighted by Crippen LogP contribution is -2.12. The number of anilines is 1. The largest absolute Gasteiger partial charge is 0.464 e. The number of carbonyl (C=O) groups is 1. The summed E-state index contributed by atoms with van der Waals surface area (Å²) in [6.07, 6.45) is -1.83. The molecule has 0 aliphatic carbocycles. The number of hydrogen-bond acceptors (Lipinski definition) is 5. The highest BCUT2D eigenvalue weighted by molar-refractivity contribution is 7.13. The maximum atomic E-state index is 13.1. The average Bonchev–Trinajstić information content (AvgIpc) is 2.51. The molecule has 1 atom stereocenters. The molecule has 1 unspecified atom stereocenters. The highest BCUT2D eigenvalue weighted by atomic mass is 32.1. The van der Waals surface area contributed by atoms with Gasteiger partial charge in [0.05, 0.1) is 12.3 Å². The van der Waals surface area contributed by atoms with Crippen molar-refractivity contribution in [2.45, 2.75) is 13.1 Å². The van der Waals surface area contributed by atoms with E-state index >= 15 is 0 Å². The van der Waals surface area contributed by atoms with Crippen LogP contribution in [0.15, 0.2) is 5.38 Å². The molecule has 13 heavy (non-hydrogen) atoms. The van der Waals surface area contributed by atoms with Crippen LogP contribution in [0.25, 0.3) is 0 Å². The predicted molar refractivity (Wildman–Crippen MR) is 47.0 cm³/mol. The van der Waals surface area contributed by atoms with Gasteiger partial charge < -0.3 is 10.5 Å². The van der Waals surface area contributed by atoms with Crippen LogP contribution in [0.1, 0.15) is 18.8 Å². The Balaban J connectivity index is 2.67. The minimum absolute atomic E-state index is 0.0148. The zero-order valence-electron chi connectivity index (χ0n) is 6.99. The maximum Gasteiger partial charge on any atom is 0.347 e. The lowest BCUT2D eigenvalue weighted by Gasteiger charge is -2.03. The van der Waals surface area contributed by atoms with E-state index in [9.17, 15) is 9.18 Å². The summed E-state index contributed by atoms with van der Waals surface area (Å²) in [4.78, 5) is 14.5. The molecule has 0 bridgehead atoms. The van der Waals surface area contributed by atoms with Gasteiger partial charge in [-0.1, -0.05) is 0 Å². The predicted octanol–water partition coefficient (Wildman–Crippen LogP) is 1.30. The lowest BCUT2D eigenvalue weighted by molar-refractivity contribution is -0.149. The number of nitrogens with two attached hydrogens (primary N) is 1. The van der Waals surface area contributed by atoms with E-state index in [1.165, 1.54) is 5.38 Å². The molecule has 2 N–H and O–H groups in total. The number of nitrogens with zero attached hydrogens (tertiary/aromatic N) is 1. The second-order valence-electron chi connectivity index (χ2n) is 2.23. The second kappa shape index (κ2) is 4.18. The third kappa shape index (κ3) is 2.38. The van der Waals surface area contributed by atoms with Crippen LogP contribution >= 0.6 is 11.3 Å².